The van der Waals surface area contributed by atoms with Crippen LogP contribution in [0.2, 0.25) is 0 Å². The number of thiocarbonyl (C=S) groups is 1. The van der Waals surface area contributed by atoms with Gasteiger partial charge in [-0.1, -0.05) is 12.2 Å². The molecule has 0 aromatic carbocycles. The molecule has 0 aromatic rings. The first-order valence-corrected chi connectivity index (χ1v) is 5.46. The Morgan fingerprint density at radius 2 is 2.46 bits per heavy atom. The topological polar surface area (TPSA) is 24.1 Å². The van der Waals surface area contributed by atoms with Crippen LogP contribution >= 0.6 is 12.2 Å². The SMILES string of the molecule is S=C1NCC(CC2C=CCCC2)N1. The minimum absolute atomic E-state index is 0.556. The van der Waals surface area contributed by atoms with Crippen molar-refractivity contribution in [2.45, 2.75) is 31.7 Å². The van der Waals surface area contributed by atoms with E-state index in [1.165, 1.54) is 25.7 Å². The minimum Gasteiger partial charge on any atom is -0.361 e. The van der Waals surface area contributed by atoms with Crippen LogP contribution in [0.15, 0.2) is 12.2 Å². The Balaban J connectivity index is 1.80. The number of allylic oxidation sites excluding steroid dienone is 2. The van der Waals surface area contributed by atoms with E-state index in [1.807, 2.05) is 0 Å². The van der Waals surface area contributed by atoms with Crippen molar-refractivity contribution in [3.8, 4) is 0 Å². The molecule has 0 bridgehead atoms. The van der Waals surface area contributed by atoms with Crippen molar-refractivity contribution in [1.29, 1.82) is 0 Å². The van der Waals surface area contributed by atoms with Gasteiger partial charge in [0.05, 0.1) is 0 Å². The number of nitrogens with one attached hydrogen (secondary N) is 2. The van der Waals surface area contributed by atoms with Crippen molar-refractivity contribution in [3.63, 3.8) is 0 Å². The van der Waals surface area contributed by atoms with Gasteiger partial charge in [0.1, 0.15) is 0 Å². The monoisotopic (exact) mass is 196 g/mol. The van der Waals surface area contributed by atoms with E-state index < -0.39 is 0 Å². The van der Waals surface area contributed by atoms with E-state index in [-0.39, 0.29) is 0 Å². The van der Waals surface area contributed by atoms with E-state index in [0.29, 0.717) is 6.04 Å². The highest BCUT2D eigenvalue weighted by Gasteiger charge is 2.20. The van der Waals surface area contributed by atoms with E-state index in [9.17, 15) is 0 Å². The van der Waals surface area contributed by atoms with Crippen molar-refractivity contribution in [1.82, 2.24) is 10.6 Å². The maximum Gasteiger partial charge on any atom is 0.166 e. The molecular weight excluding hydrogens is 180 g/mol. The van der Waals surface area contributed by atoms with Gasteiger partial charge in [0.25, 0.3) is 0 Å². The van der Waals surface area contributed by atoms with Crippen LogP contribution in [0.3, 0.4) is 0 Å². The third kappa shape index (κ3) is 2.44. The Morgan fingerprint density at radius 3 is 3.08 bits per heavy atom. The predicted octanol–water partition coefficient (Wildman–Crippen LogP) is 1.58. The summed E-state index contributed by atoms with van der Waals surface area (Å²) in [5, 5.41) is 7.27. The van der Waals surface area contributed by atoms with Crippen LogP contribution in [0.1, 0.15) is 25.7 Å². The summed E-state index contributed by atoms with van der Waals surface area (Å²) in [4.78, 5) is 0. The average molecular weight is 196 g/mol. The zero-order valence-electron chi connectivity index (χ0n) is 7.75. The molecule has 1 fully saturated rings. The van der Waals surface area contributed by atoms with Gasteiger partial charge in [0.15, 0.2) is 5.11 Å². The molecule has 1 aliphatic carbocycles. The quantitative estimate of drug-likeness (QED) is 0.518. The Bertz CT molecular complexity index is 225. The molecule has 1 aliphatic heterocycles. The maximum atomic E-state index is 5.02. The maximum absolute atomic E-state index is 5.02. The first kappa shape index (κ1) is 9.00. The van der Waals surface area contributed by atoms with E-state index in [1.54, 1.807) is 0 Å². The average Bonchev–Trinajstić information content (AvgIpc) is 2.53. The largest absolute Gasteiger partial charge is 0.361 e. The second kappa shape index (κ2) is 4.09. The zero-order valence-corrected chi connectivity index (χ0v) is 8.57. The molecule has 3 heteroatoms. The van der Waals surface area contributed by atoms with Crippen LogP contribution in [0.4, 0.5) is 0 Å². The van der Waals surface area contributed by atoms with Crippen LogP contribution in [-0.4, -0.2) is 17.7 Å². The van der Waals surface area contributed by atoms with E-state index >= 15 is 0 Å². The van der Waals surface area contributed by atoms with Crippen molar-refractivity contribution >= 4 is 17.3 Å². The van der Waals surface area contributed by atoms with Crippen molar-refractivity contribution in [3.05, 3.63) is 12.2 Å². The highest BCUT2D eigenvalue weighted by Crippen LogP contribution is 2.21. The molecule has 0 amide bonds. The second-order valence-electron chi connectivity index (χ2n) is 3.91. The molecule has 2 N–H and O–H groups in total. The summed E-state index contributed by atoms with van der Waals surface area (Å²) in [6.45, 7) is 1.00. The summed E-state index contributed by atoms with van der Waals surface area (Å²) in [6.07, 6.45) is 9.88. The molecule has 13 heavy (non-hydrogen) atoms. The van der Waals surface area contributed by atoms with Gasteiger partial charge in [-0.2, -0.15) is 0 Å². The molecule has 0 aromatic heterocycles. The summed E-state index contributed by atoms with van der Waals surface area (Å²) in [7, 11) is 0. The Kier molecular flexibility index (Phi) is 2.83. The van der Waals surface area contributed by atoms with Crippen LogP contribution in [0.25, 0.3) is 0 Å². The van der Waals surface area contributed by atoms with Gasteiger partial charge >= 0.3 is 0 Å². The summed E-state index contributed by atoms with van der Waals surface area (Å²) < 4.78 is 0. The summed E-state index contributed by atoms with van der Waals surface area (Å²) >= 11 is 5.02. The van der Waals surface area contributed by atoms with E-state index in [4.69, 9.17) is 12.2 Å². The molecule has 2 nitrogen and oxygen atoms in total. The second-order valence-corrected chi connectivity index (χ2v) is 4.31. The highest BCUT2D eigenvalue weighted by molar-refractivity contribution is 7.80. The number of hydrogen-bond acceptors (Lipinski definition) is 1. The number of rotatable bonds is 2. The number of hydrogen-bond donors (Lipinski definition) is 2. The predicted molar refractivity (Wildman–Crippen MR) is 58.6 cm³/mol. The lowest BCUT2D eigenvalue weighted by molar-refractivity contribution is 0.447. The minimum atomic E-state index is 0.556. The molecule has 72 valence electrons. The van der Waals surface area contributed by atoms with Crippen LogP contribution in [0.5, 0.6) is 0 Å². The lowest BCUT2D eigenvalue weighted by atomic mass is 9.90. The Hall–Kier alpha value is -0.570. The molecule has 1 saturated heterocycles. The van der Waals surface area contributed by atoms with Gasteiger partial charge < -0.3 is 10.6 Å². The lowest BCUT2D eigenvalue weighted by Gasteiger charge is -2.19. The smallest absolute Gasteiger partial charge is 0.166 e. The third-order valence-electron chi connectivity index (χ3n) is 2.79. The normalized spacial score (nSPS) is 32.8. The summed E-state index contributed by atoms with van der Waals surface area (Å²) in [6, 6.07) is 0.556. The van der Waals surface area contributed by atoms with Crippen LogP contribution < -0.4 is 10.6 Å². The molecular formula is C10H16N2S. The molecule has 1 heterocycles. The fourth-order valence-corrected chi connectivity index (χ4v) is 2.34. The highest BCUT2D eigenvalue weighted by atomic mass is 32.1. The van der Waals surface area contributed by atoms with Crippen LogP contribution in [-0.2, 0) is 0 Å². The van der Waals surface area contributed by atoms with E-state index in [2.05, 4.69) is 22.8 Å². The Labute approximate surface area is 84.8 Å². The fraction of sp³-hybridized carbons (Fsp3) is 0.700. The first-order valence-electron chi connectivity index (χ1n) is 5.05. The van der Waals surface area contributed by atoms with Crippen molar-refractivity contribution < 1.29 is 0 Å². The molecule has 0 saturated carbocycles. The van der Waals surface area contributed by atoms with Gasteiger partial charge in [-0.15, -0.1) is 0 Å². The molecule has 0 radical (unpaired) electrons. The molecule has 0 spiro atoms. The van der Waals surface area contributed by atoms with Crippen molar-refractivity contribution in [2.24, 2.45) is 5.92 Å². The van der Waals surface area contributed by atoms with Crippen molar-refractivity contribution in [2.75, 3.05) is 6.54 Å². The Morgan fingerprint density at radius 1 is 1.54 bits per heavy atom. The standard InChI is InChI=1S/C10H16N2S/c13-10-11-7-9(12-10)6-8-4-2-1-3-5-8/h2,4,8-9H,1,3,5-7H2,(H2,11,12,13). The van der Waals surface area contributed by atoms with E-state index in [0.717, 1.165) is 17.6 Å². The van der Waals surface area contributed by atoms with Crippen LogP contribution in [0, 0.1) is 5.92 Å². The fourth-order valence-electron chi connectivity index (χ4n) is 2.09. The van der Waals surface area contributed by atoms with Gasteiger partial charge in [0, 0.05) is 12.6 Å². The molecule has 2 unspecified atom stereocenters. The molecule has 2 aliphatic rings. The van der Waals surface area contributed by atoms with Gasteiger partial charge in [0.2, 0.25) is 0 Å². The van der Waals surface area contributed by atoms with Gasteiger partial charge in [-0.25, -0.2) is 0 Å². The zero-order chi connectivity index (χ0) is 9.10. The summed E-state index contributed by atoms with van der Waals surface area (Å²) in [5.74, 6) is 0.772. The lowest BCUT2D eigenvalue weighted by Crippen LogP contribution is -2.28. The molecule has 2 rings (SSSR count). The first-order chi connectivity index (χ1) is 6.34. The third-order valence-corrected chi connectivity index (χ3v) is 3.05. The van der Waals surface area contributed by atoms with Gasteiger partial charge in [-0.3, -0.25) is 0 Å². The van der Waals surface area contributed by atoms with Gasteiger partial charge in [-0.05, 0) is 43.8 Å². The summed E-state index contributed by atoms with van der Waals surface area (Å²) in [5.41, 5.74) is 0. The molecule has 2 atom stereocenters.